The first-order valence-electron chi connectivity index (χ1n) is 7.72. The summed E-state index contributed by atoms with van der Waals surface area (Å²) >= 11 is 1.59. The number of halogens is 1. The molecule has 2 N–H and O–H groups in total. The van der Waals surface area contributed by atoms with Gasteiger partial charge in [0, 0.05) is 6.54 Å². The van der Waals surface area contributed by atoms with E-state index in [0.717, 1.165) is 11.3 Å². The van der Waals surface area contributed by atoms with Crippen LogP contribution in [-0.4, -0.2) is 35.7 Å². The standard InChI is InChI=1S/C17H25FN2O3S/c1-17(2,3)23-16(22)20-14(9-10-24-4)15(21)19-11-12-5-7-13(18)8-6-12/h5-8,14H,9-11H2,1-4H3,(H,19,21)(H,20,22). The van der Waals surface area contributed by atoms with Crippen molar-refractivity contribution in [3.8, 4) is 0 Å². The number of rotatable bonds is 7. The lowest BCUT2D eigenvalue weighted by Gasteiger charge is -2.23. The Kier molecular flexibility index (Phi) is 8.04. The Labute approximate surface area is 146 Å². The van der Waals surface area contributed by atoms with Crippen LogP contribution in [0.3, 0.4) is 0 Å². The third kappa shape index (κ3) is 8.19. The van der Waals surface area contributed by atoms with Gasteiger partial charge in [-0.05, 0) is 56.9 Å². The molecule has 1 atom stereocenters. The van der Waals surface area contributed by atoms with E-state index < -0.39 is 17.7 Å². The van der Waals surface area contributed by atoms with Crippen molar-refractivity contribution in [3.63, 3.8) is 0 Å². The number of carbonyl (C=O) groups is 2. The summed E-state index contributed by atoms with van der Waals surface area (Å²) in [6.07, 6.45) is 1.81. The van der Waals surface area contributed by atoms with E-state index in [-0.39, 0.29) is 18.3 Å². The minimum absolute atomic E-state index is 0.269. The SMILES string of the molecule is CSCCC(NC(=O)OC(C)(C)C)C(=O)NCc1ccc(F)cc1. The van der Waals surface area contributed by atoms with Gasteiger partial charge in [0.2, 0.25) is 5.91 Å². The predicted molar refractivity (Wildman–Crippen MR) is 94.4 cm³/mol. The van der Waals surface area contributed by atoms with Crippen LogP contribution in [0.25, 0.3) is 0 Å². The molecule has 0 aliphatic heterocycles. The molecule has 1 aromatic carbocycles. The Hall–Kier alpha value is -1.76. The van der Waals surface area contributed by atoms with Gasteiger partial charge in [0.15, 0.2) is 0 Å². The number of amides is 2. The van der Waals surface area contributed by atoms with Crippen molar-refractivity contribution in [2.75, 3.05) is 12.0 Å². The molecular weight excluding hydrogens is 331 g/mol. The van der Waals surface area contributed by atoms with Gasteiger partial charge >= 0.3 is 6.09 Å². The molecule has 0 aliphatic carbocycles. The van der Waals surface area contributed by atoms with Crippen LogP contribution in [0.5, 0.6) is 0 Å². The number of hydrogen-bond donors (Lipinski definition) is 2. The van der Waals surface area contributed by atoms with Crippen LogP contribution in [0.4, 0.5) is 9.18 Å². The number of hydrogen-bond acceptors (Lipinski definition) is 4. The van der Waals surface area contributed by atoms with Gasteiger partial charge < -0.3 is 15.4 Å². The molecule has 0 aliphatic rings. The Morgan fingerprint density at radius 1 is 1.25 bits per heavy atom. The Morgan fingerprint density at radius 2 is 1.88 bits per heavy atom. The normalized spacial score (nSPS) is 12.4. The molecule has 2 amide bonds. The summed E-state index contributed by atoms with van der Waals surface area (Å²) in [6.45, 7) is 5.55. The highest BCUT2D eigenvalue weighted by atomic mass is 32.2. The molecule has 0 aromatic heterocycles. The van der Waals surface area contributed by atoms with Crippen molar-refractivity contribution in [1.29, 1.82) is 0 Å². The molecule has 1 unspecified atom stereocenters. The second-order valence-electron chi connectivity index (χ2n) is 6.32. The number of thioether (sulfide) groups is 1. The number of benzene rings is 1. The van der Waals surface area contributed by atoms with E-state index in [1.54, 1.807) is 44.7 Å². The zero-order chi connectivity index (χ0) is 18.2. The number of alkyl carbamates (subject to hydrolysis) is 1. The summed E-state index contributed by atoms with van der Waals surface area (Å²) in [7, 11) is 0. The zero-order valence-corrected chi connectivity index (χ0v) is 15.3. The van der Waals surface area contributed by atoms with Crippen LogP contribution in [0, 0.1) is 5.82 Å². The first-order valence-corrected chi connectivity index (χ1v) is 9.11. The second-order valence-corrected chi connectivity index (χ2v) is 7.31. The third-order valence-electron chi connectivity index (χ3n) is 3.00. The number of nitrogens with one attached hydrogen (secondary N) is 2. The van der Waals surface area contributed by atoms with Gasteiger partial charge in [-0.3, -0.25) is 4.79 Å². The predicted octanol–water partition coefficient (Wildman–Crippen LogP) is 3.09. The highest BCUT2D eigenvalue weighted by Crippen LogP contribution is 2.09. The van der Waals surface area contributed by atoms with Crippen molar-refractivity contribution in [2.24, 2.45) is 0 Å². The topological polar surface area (TPSA) is 67.4 Å². The molecule has 24 heavy (non-hydrogen) atoms. The number of carbonyl (C=O) groups excluding carboxylic acids is 2. The van der Waals surface area contributed by atoms with Crippen LogP contribution in [-0.2, 0) is 16.1 Å². The highest BCUT2D eigenvalue weighted by molar-refractivity contribution is 7.98. The lowest BCUT2D eigenvalue weighted by atomic mass is 10.2. The monoisotopic (exact) mass is 356 g/mol. The lowest BCUT2D eigenvalue weighted by Crippen LogP contribution is -2.48. The summed E-state index contributed by atoms with van der Waals surface area (Å²) in [5.41, 5.74) is 0.157. The molecule has 134 valence electrons. The molecule has 1 rings (SSSR count). The van der Waals surface area contributed by atoms with Crippen molar-refractivity contribution in [1.82, 2.24) is 10.6 Å². The zero-order valence-electron chi connectivity index (χ0n) is 14.5. The number of ether oxygens (including phenoxy) is 1. The smallest absolute Gasteiger partial charge is 0.408 e. The van der Waals surface area contributed by atoms with Crippen LogP contribution < -0.4 is 10.6 Å². The molecule has 0 saturated carbocycles. The van der Waals surface area contributed by atoms with E-state index in [4.69, 9.17) is 4.74 Å². The van der Waals surface area contributed by atoms with Crippen LogP contribution in [0.1, 0.15) is 32.8 Å². The summed E-state index contributed by atoms with van der Waals surface area (Å²) in [5, 5.41) is 5.36. The fourth-order valence-corrected chi connectivity index (χ4v) is 2.34. The van der Waals surface area contributed by atoms with E-state index in [9.17, 15) is 14.0 Å². The molecule has 1 aromatic rings. The largest absolute Gasteiger partial charge is 0.444 e. The highest BCUT2D eigenvalue weighted by Gasteiger charge is 2.23. The molecule has 0 spiro atoms. The summed E-state index contributed by atoms with van der Waals surface area (Å²) in [4.78, 5) is 24.2. The summed E-state index contributed by atoms with van der Waals surface area (Å²) in [6, 6.07) is 5.21. The molecule has 0 radical (unpaired) electrons. The lowest BCUT2D eigenvalue weighted by molar-refractivity contribution is -0.123. The van der Waals surface area contributed by atoms with E-state index in [1.807, 2.05) is 6.26 Å². The fraction of sp³-hybridized carbons (Fsp3) is 0.529. The van der Waals surface area contributed by atoms with E-state index in [0.29, 0.717) is 6.42 Å². The maximum Gasteiger partial charge on any atom is 0.408 e. The fourth-order valence-electron chi connectivity index (χ4n) is 1.87. The van der Waals surface area contributed by atoms with Crippen LogP contribution >= 0.6 is 11.8 Å². The van der Waals surface area contributed by atoms with Gasteiger partial charge in [0.25, 0.3) is 0 Å². The first kappa shape index (κ1) is 20.3. The molecule has 0 heterocycles. The van der Waals surface area contributed by atoms with Crippen molar-refractivity contribution in [2.45, 2.75) is 45.4 Å². The molecular formula is C17H25FN2O3S. The van der Waals surface area contributed by atoms with Crippen LogP contribution in [0.15, 0.2) is 24.3 Å². The van der Waals surface area contributed by atoms with Crippen molar-refractivity contribution >= 4 is 23.8 Å². The average Bonchev–Trinajstić information content (AvgIpc) is 2.48. The molecule has 0 fully saturated rings. The average molecular weight is 356 g/mol. The van der Waals surface area contributed by atoms with Gasteiger partial charge in [-0.15, -0.1) is 0 Å². The minimum atomic E-state index is -0.673. The van der Waals surface area contributed by atoms with Crippen molar-refractivity contribution in [3.05, 3.63) is 35.6 Å². The molecule has 0 saturated heterocycles. The summed E-state index contributed by atoms with van der Waals surface area (Å²) in [5.74, 6) is 0.110. The van der Waals surface area contributed by atoms with Gasteiger partial charge in [0.1, 0.15) is 17.5 Å². The molecule has 0 bridgehead atoms. The van der Waals surface area contributed by atoms with E-state index in [2.05, 4.69) is 10.6 Å². The maximum atomic E-state index is 12.9. The Bertz CT molecular complexity index is 544. The van der Waals surface area contributed by atoms with Gasteiger partial charge in [-0.2, -0.15) is 11.8 Å². The second kappa shape index (κ2) is 9.52. The maximum absolute atomic E-state index is 12.9. The minimum Gasteiger partial charge on any atom is -0.444 e. The van der Waals surface area contributed by atoms with Crippen molar-refractivity contribution < 1.29 is 18.7 Å². The van der Waals surface area contributed by atoms with E-state index in [1.165, 1.54) is 12.1 Å². The Morgan fingerprint density at radius 3 is 2.42 bits per heavy atom. The summed E-state index contributed by atoms with van der Waals surface area (Å²) < 4.78 is 18.1. The first-order chi connectivity index (χ1) is 11.2. The molecule has 5 nitrogen and oxygen atoms in total. The third-order valence-corrected chi connectivity index (χ3v) is 3.64. The van der Waals surface area contributed by atoms with E-state index >= 15 is 0 Å². The van der Waals surface area contributed by atoms with Crippen LogP contribution in [0.2, 0.25) is 0 Å². The quantitative estimate of drug-likeness (QED) is 0.788. The Balaban J connectivity index is 2.60. The van der Waals surface area contributed by atoms with Gasteiger partial charge in [0.05, 0.1) is 0 Å². The molecule has 7 heteroatoms. The van der Waals surface area contributed by atoms with Gasteiger partial charge in [-0.1, -0.05) is 12.1 Å². The van der Waals surface area contributed by atoms with Gasteiger partial charge in [-0.25, -0.2) is 9.18 Å².